The van der Waals surface area contributed by atoms with Crippen LogP contribution < -0.4 is 10.1 Å². The lowest BCUT2D eigenvalue weighted by Crippen LogP contribution is -2.22. The number of rotatable bonds is 4. The molecule has 9 heteroatoms. The fourth-order valence-electron chi connectivity index (χ4n) is 2.17. The number of hydrogen-bond donors (Lipinski definition) is 1. The van der Waals surface area contributed by atoms with Crippen molar-refractivity contribution in [1.82, 2.24) is 15.0 Å². The minimum absolute atomic E-state index is 0.0404. The predicted octanol–water partition coefficient (Wildman–Crippen LogP) is 3.81. The standard InChI is InChI=1S/C16H12F4N4O/c1-25-14-13-12(23-15(24-14)21-8-16(18,19)20)7-6-11(22-13)9-2-4-10(17)5-3-9/h2-7H,8H2,1H3,(H,21,23,24). The first-order valence-corrected chi connectivity index (χ1v) is 7.15. The fraction of sp³-hybridized carbons (Fsp3) is 0.188. The third-order valence-electron chi connectivity index (χ3n) is 3.29. The van der Waals surface area contributed by atoms with Gasteiger partial charge in [0.1, 0.15) is 12.4 Å². The molecule has 2 aromatic heterocycles. The Morgan fingerprint density at radius 3 is 2.36 bits per heavy atom. The van der Waals surface area contributed by atoms with Crippen molar-refractivity contribution in [3.05, 3.63) is 42.2 Å². The predicted molar refractivity (Wildman–Crippen MR) is 83.8 cm³/mol. The molecule has 0 aliphatic carbocycles. The van der Waals surface area contributed by atoms with Gasteiger partial charge in [0.05, 0.1) is 18.3 Å². The fourth-order valence-corrected chi connectivity index (χ4v) is 2.17. The smallest absolute Gasteiger partial charge is 0.405 e. The van der Waals surface area contributed by atoms with E-state index in [1.54, 1.807) is 24.3 Å². The van der Waals surface area contributed by atoms with E-state index in [1.807, 2.05) is 0 Å². The molecule has 130 valence electrons. The van der Waals surface area contributed by atoms with Crippen LogP contribution in [0.15, 0.2) is 36.4 Å². The van der Waals surface area contributed by atoms with E-state index in [-0.39, 0.29) is 17.6 Å². The molecule has 3 rings (SSSR count). The Hall–Kier alpha value is -2.97. The van der Waals surface area contributed by atoms with Crippen molar-refractivity contribution in [2.45, 2.75) is 6.18 Å². The molecule has 0 unspecified atom stereocenters. The molecule has 0 saturated heterocycles. The second kappa shape index (κ2) is 6.50. The molecule has 0 aliphatic heterocycles. The Bertz CT molecular complexity index is 897. The first-order valence-electron chi connectivity index (χ1n) is 7.15. The highest BCUT2D eigenvalue weighted by atomic mass is 19.4. The van der Waals surface area contributed by atoms with Crippen LogP contribution in [-0.2, 0) is 0 Å². The molecular formula is C16H12F4N4O. The lowest BCUT2D eigenvalue weighted by atomic mass is 10.1. The van der Waals surface area contributed by atoms with Crippen LogP contribution in [0.1, 0.15) is 0 Å². The molecule has 0 bridgehead atoms. The molecular weight excluding hydrogens is 340 g/mol. The molecule has 3 aromatic rings. The third-order valence-corrected chi connectivity index (χ3v) is 3.29. The van der Waals surface area contributed by atoms with Gasteiger partial charge in [-0.2, -0.15) is 18.2 Å². The molecule has 25 heavy (non-hydrogen) atoms. The summed E-state index contributed by atoms with van der Waals surface area (Å²) < 4.78 is 55.1. The summed E-state index contributed by atoms with van der Waals surface area (Å²) in [5.41, 5.74) is 1.82. The normalized spacial score (nSPS) is 11.6. The van der Waals surface area contributed by atoms with Crippen molar-refractivity contribution in [2.75, 3.05) is 19.0 Å². The molecule has 1 N–H and O–H groups in total. The number of anilines is 1. The van der Waals surface area contributed by atoms with Crippen molar-refractivity contribution >= 4 is 17.0 Å². The monoisotopic (exact) mass is 352 g/mol. The number of aromatic nitrogens is 3. The maximum absolute atomic E-state index is 13.0. The van der Waals surface area contributed by atoms with Gasteiger partial charge < -0.3 is 10.1 Å². The van der Waals surface area contributed by atoms with E-state index in [9.17, 15) is 17.6 Å². The SMILES string of the molecule is COc1nc(NCC(F)(F)F)nc2ccc(-c3ccc(F)cc3)nc12. The zero-order chi connectivity index (χ0) is 18.0. The van der Waals surface area contributed by atoms with E-state index < -0.39 is 12.7 Å². The number of nitrogens with zero attached hydrogens (tertiary/aromatic N) is 3. The van der Waals surface area contributed by atoms with Gasteiger partial charge in [0.25, 0.3) is 0 Å². The Kier molecular flexibility index (Phi) is 4.39. The Morgan fingerprint density at radius 1 is 1.00 bits per heavy atom. The average molecular weight is 352 g/mol. The van der Waals surface area contributed by atoms with Crippen LogP contribution in [0, 0.1) is 5.82 Å². The highest BCUT2D eigenvalue weighted by Gasteiger charge is 2.27. The number of halogens is 4. The van der Waals surface area contributed by atoms with Gasteiger partial charge in [-0.25, -0.2) is 14.4 Å². The number of pyridine rings is 1. The molecule has 2 heterocycles. The van der Waals surface area contributed by atoms with Crippen LogP contribution in [-0.4, -0.2) is 34.8 Å². The third kappa shape index (κ3) is 3.93. The zero-order valence-corrected chi connectivity index (χ0v) is 12.9. The van der Waals surface area contributed by atoms with Crippen LogP contribution in [0.4, 0.5) is 23.5 Å². The minimum atomic E-state index is -4.39. The van der Waals surface area contributed by atoms with Gasteiger partial charge >= 0.3 is 6.18 Å². The highest BCUT2D eigenvalue weighted by molar-refractivity contribution is 5.83. The maximum atomic E-state index is 13.0. The van der Waals surface area contributed by atoms with Crippen molar-refractivity contribution in [1.29, 1.82) is 0 Å². The van der Waals surface area contributed by atoms with Crippen LogP contribution in [0.25, 0.3) is 22.3 Å². The summed E-state index contributed by atoms with van der Waals surface area (Å²) in [5, 5.41) is 2.11. The summed E-state index contributed by atoms with van der Waals surface area (Å²) in [7, 11) is 1.33. The first kappa shape index (κ1) is 16.9. The summed E-state index contributed by atoms with van der Waals surface area (Å²) in [6.45, 7) is -1.26. The molecule has 0 fully saturated rings. The van der Waals surface area contributed by atoms with Gasteiger partial charge in [0.15, 0.2) is 5.52 Å². The number of methoxy groups -OCH3 is 1. The number of hydrogen-bond acceptors (Lipinski definition) is 5. The van der Waals surface area contributed by atoms with Gasteiger partial charge in [0.2, 0.25) is 11.8 Å². The second-order valence-corrected chi connectivity index (χ2v) is 5.10. The molecule has 1 aromatic carbocycles. The summed E-state index contributed by atoms with van der Waals surface area (Å²) in [4.78, 5) is 12.3. The molecule has 0 saturated carbocycles. The van der Waals surface area contributed by atoms with Crippen LogP contribution in [0.3, 0.4) is 0 Å². The summed E-state index contributed by atoms with van der Waals surface area (Å²) in [6.07, 6.45) is -4.39. The summed E-state index contributed by atoms with van der Waals surface area (Å²) >= 11 is 0. The van der Waals surface area contributed by atoms with Crippen LogP contribution in [0.2, 0.25) is 0 Å². The Balaban J connectivity index is 2.00. The van der Waals surface area contributed by atoms with E-state index in [4.69, 9.17) is 4.74 Å². The van der Waals surface area contributed by atoms with E-state index in [2.05, 4.69) is 20.3 Å². The molecule has 0 spiro atoms. The molecule has 0 aliphatic rings. The van der Waals surface area contributed by atoms with E-state index in [1.165, 1.54) is 19.2 Å². The van der Waals surface area contributed by atoms with E-state index >= 15 is 0 Å². The van der Waals surface area contributed by atoms with Crippen molar-refractivity contribution in [3.63, 3.8) is 0 Å². The number of nitrogens with one attached hydrogen (secondary N) is 1. The maximum Gasteiger partial charge on any atom is 0.405 e. The average Bonchev–Trinajstić information content (AvgIpc) is 2.59. The summed E-state index contributed by atoms with van der Waals surface area (Å²) in [6, 6.07) is 8.96. The Labute approximate surface area is 139 Å². The molecule has 0 amide bonds. The number of ether oxygens (including phenoxy) is 1. The van der Waals surface area contributed by atoms with Gasteiger partial charge in [-0.3, -0.25) is 0 Å². The lowest BCUT2D eigenvalue weighted by Gasteiger charge is -2.11. The van der Waals surface area contributed by atoms with Crippen molar-refractivity contribution in [3.8, 4) is 17.1 Å². The van der Waals surface area contributed by atoms with Gasteiger partial charge in [0, 0.05) is 5.56 Å². The zero-order valence-electron chi connectivity index (χ0n) is 12.9. The second-order valence-electron chi connectivity index (χ2n) is 5.10. The van der Waals surface area contributed by atoms with Gasteiger partial charge in [-0.15, -0.1) is 0 Å². The van der Waals surface area contributed by atoms with Gasteiger partial charge in [-0.1, -0.05) is 0 Å². The number of alkyl halides is 3. The van der Waals surface area contributed by atoms with Crippen LogP contribution >= 0.6 is 0 Å². The Morgan fingerprint density at radius 2 is 1.72 bits per heavy atom. The van der Waals surface area contributed by atoms with Crippen molar-refractivity contribution in [2.24, 2.45) is 0 Å². The number of fused-ring (bicyclic) bond motifs is 1. The number of benzene rings is 1. The summed E-state index contributed by atoms with van der Waals surface area (Å²) in [5.74, 6) is -0.539. The topological polar surface area (TPSA) is 59.9 Å². The van der Waals surface area contributed by atoms with E-state index in [0.717, 1.165) is 0 Å². The van der Waals surface area contributed by atoms with Crippen LogP contribution in [0.5, 0.6) is 5.88 Å². The van der Waals surface area contributed by atoms with Crippen molar-refractivity contribution < 1.29 is 22.3 Å². The lowest BCUT2D eigenvalue weighted by molar-refractivity contribution is -0.115. The quantitative estimate of drug-likeness (QED) is 0.724. The molecule has 5 nitrogen and oxygen atoms in total. The van der Waals surface area contributed by atoms with E-state index in [0.29, 0.717) is 22.3 Å². The first-order chi connectivity index (χ1) is 11.9. The van der Waals surface area contributed by atoms with Gasteiger partial charge in [-0.05, 0) is 36.4 Å². The minimum Gasteiger partial charge on any atom is -0.479 e. The molecule has 0 atom stereocenters. The largest absolute Gasteiger partial charge is 0.479 e. The molecule has 0 radical (unpaired) electrons. The highest BCUT2D eigenvalue weighted by Crippen LogP contribution is 2.26.